The summed E-state index contributed by atoms with van der Waals surface area (Å²) in [5.41, 5.74) is -3.27. The number of hydrogen-bond acceptors (Lipinski definition) is 6. The Kier molecular flexibility index (Phi) is 5.75. The minimum atomic E-state index is -0.955. The molecule has 9 atom stereocenters. The third-order valence-electron chi connectivity index (χ3n) is 10.9. The van der Waals surface area contributed by atoms with Crippen molar-refractivity contribution in [2.24, 2.45) is 45.3 Å². The SMILES string of the molecule is C[C@H](CCC(=O)O)[C@H]1CC[C@@]2(C=N)C3C(=O)C[C@@H]4C[C@H](O)CC[C@]4(C)[C@@]3(C=N)CC(=O)[C@]12C. The Bertz CT molecular complexity index is 903. The van der Waals surface area contributed by atoms with Crippen LogP contribution in [-0.4, -0.2) is 46.3 Å². The summed E-state index contributed by atoms with van der Waals surface area (Å²) in [6, 6.07) is 0. The first-order valence-electron chi connectivity index (χ1n) is 12.4. The maximum Gasteiger partial charge on any atom is 0.303 e. The number of aliphatic hydroxyl groups is 1. The molecule has 4 saturated carbocycles. The normalized spacial score (nSPS) is 47.8. The molecular weight excluding hydrogens is 420 g/mol. The Hall–Kier alpha value is -1.89. The Balaban J connectivity index is 1.83. The monoisotopic (exact) mass is 458 g/mol. The molecule has 0 saturated heterocycles. The van der Waals surface area contributed by atoms with E-state index in [0.29, 0.717) is 44.9 Å². The van der Waals surface area contributed by atoms with Gasteiger partial charge in [-0.05, 0) is 61.7 Å². The van der Waals surface area contributed by atoms with Crippen LogP contribution < -0.4 is 0 Å². The predicted octanol–water partition coefficient (Wildman–Crippen LogP) is 3.90. The molecule has 7 nitrogen and oxygen atoms in total. The fourth-order valence-electron chi connectivity index (χ4n) is 8.99. The summed E-state index contributed by atoms with van der Waals surface area (Å²) in [5.74, 6) is -1.61. The molecule has 0 aromatic carbocycles. The van der Waals surface area contributed by atoms with E-state index in [-0.39, 0.29) is 42.2 Å². The molecule has 0 heterocycles. The highest BCUT2D eigenvalue weighted by atomic mass is 16.4. The van der Waals surface area contributed by atoms with Gasteiger partial charge >= 0.3 is 5.97 Å². The van der Waals surface area contributed by atoms with Crippen molar-refractivity contribution in [3.8, 4) is 0 Å². The first kappa shape index (κ1) is 24.2. The molecule has 4 aliphatic carbocycles. The maximum atomic E-state index is 14.1. The lowest BCUT2D eigenvalue weighted by atomic mass is 9.34. The Morgan fingerprint density at radius 1 is 1.15 bits per heavy atom. The van der Waals surface area contributed by atoms with Crippen molar-refractivity contribution >= 4 is 30.0 Å². The van der Waals surface area contributed by atoms with E-state index in [1.165, 1.54) is 12.4 Å². The van der Waals surface area contributed by atoms with Gasteiger partial charge in [0.25, 0.3) is 0 Å². The second kappa shape index (κ2) is 7.82. The highest BCUT2D eigenvalue weighted by Gasteiger charge is 2.77. The van der Waals surface area contributed by atoms with Gasteiger partial charge in [0, 0.05) is 53.9 Å². The van der Waals surface area contributed by atoms with Gasteiger partial charge in [-0.25, -0.2) is 0 Å². The molecule has 33 heavy (non-hydrogen) atoms. The largest absolute Gasteiger partial charge is 0.481 e. The van der Waals surface area contributed by atoms with E-state index < -0.39 is 39.7 Å². The number of fused-ring (bicyclic) bond motifs is 5. The number of aliphatic carboxylic acids is 1. The van der Waals surface area contributed by atoms with Crippen LogP contribution >= 0.6 is 0 Å². The van der Waals surface area contributed by atoms with Gasteiger partial charge in [-0.3, -0.25) is 14.4 Å². The molecular formula is C26H38N2O5. The van der Waals surface area contributed by atoms with Crippen LogP contribution in [0.25, 0.3) is 0 Å². The third kappa shape index (κ3) is 2.93. The standard InChI is InChI=1S/C26H38N2O5/c1-15(4-5-21(32)33)18-7-9-25(13-27)22-19(30)11-16-10-17(29)6-8-23(16,2)26(22,14-28)12-20(31)24(18,25)3/h13-18,22,27-29H,4-12H2,1-3H3,(H,32,33)/t15-,16+,17-,18-,22?,23+,24+,25-,26-/m1/s1. The van der Waals surface area contributed by atoms with Gasteiger partial charge in [-0.15, -0.1) is 0 Å². The second-order valence-electron chi connectivity index (χ2n) is 11.9. The van der Waals surface area contributed by atoms with Gasteiger partial charge in [-0.1, -0.05) is 20.8 Å². The van der Waals surface area contributed by atoms with Gasteiger partial charge in [0.05, 0.1) is 6.10 Å². The van der Waals surface area contributed by atoms with Crippen LogP contribution in [-0.2, 0) is 14.4 Å². The maximum absolute atomic E-state index is 14.1. The lowest BCUT2D eigenvalue weighted by Gasteiger charge is -2.67. The van der Waals surface area contributed by atoms with E-state index >= 15 is 0 Å². The molecule has 4 N–H and O–H groups in total. The van der Waals surface area contributed by atoms with E-state index in [9.17, 15) is 24.6 Å². The zero-order valence-electron chi connectivity index (χ0n) is 20.0. The minimum Gasteiger partial charge on any atom is -0.481 e. The van der Waals surface area contributed by atoms with E-state index in [0.717, 1.165) is 0 Å². The highest BCUT2D eigenvalue weighted by molar-refractivity contribution is 6.02. The lowest BCUT2D eigenvalue weighted by molar-refractivity contribution is -0.186. The third-order valence-corrected chi connectivity index (χ3v) is 10.9. The van der Waals surface area contributed by atoms with Crippen molar-refractivity contribution in [2.75, 3.05) is 0 Å². The van der Waals surface area contributed by atoms with Crippen LogP contribution in [0.4, 0.5) is 0 Å². The number of Topliss-reactive ketones (excluding diaryl/α,β-unsaturated/α-hetero) is 2. The average molecular weight is 459 g/mol. The van der Waals surface area contributed by atoms with Crippen LogP contribution in [0, 0.1) is 56.2 Å². The summed E-state index contributed by atoms with van der Waals surface area (Å²) in [5, 5.41) is 36.7. The molecule has 0 bridgehead atoms. The van der Waals surface area contributed by atoms with Crippen molar-refractivity contribution < 1.29 is 24.6 Å². The Morgan fingerprint density at radius 3 is 2.42 bits per heavy atom. The first-order chi connectivity index (χ1) is 15.4. The number of rotatable bonds is 6. The zero-order valence-corrected chi connectivity index (χ0v) is 20.0. The lowest BCUT2D eigenvalue weighted by Crippen LogP contribution is -2.71. The quantitative estimate of drug-likeness (QED) is 0.447. The molecule has 4 aliphatic rings. The fraction of sp³-hybridized carbons (Fsp3) is 0.808. The number of ketones is 2. The van der Waals surface area contributed by atoms with Crippen molar-refractivity contribution in [2.45, 2.75) is 84.7 Å². The van der Waals surface area contributed by atoms with Crippen LogP contribution in [0.15, 0.2) is 0 Å². The fourth-order valence-corrected chi connectivity index (χ4v) is 8.99. The number of hydrogen-bond donors (Lipinski definition) is 4. The molecule has 7 heteroatoms. The van der Waals surface area contributed by atoms with E-state index in [1.54, 1.807) is 0 Å². The molecule has 182 valence electrons. The summed E-state index contributed by atoms with van der Waals surface area (Å²) < 4.78 is 0. The van der Waals surface area contributed by atoms with Gasteiger partial charge < -0.3 is 21.0 Å². The first-order valence-corrected chi connectivity index (χ1v) is 12.4. The summed E-state index contributed by atoms with van der Waals surface area (Å²) >= 11 is 0. The van der Waals surface area contributed by atoms with E-state index in [4.69, 9.17) is 10.8 Å². The molecule has 0 amide bonds. The van der Waals surface area contributed by atoms with Crippen LogP contribution in [0.2, 0.25) is 0 Å². The van der Waals surface area contributed by atoms with Gasteiger partial charge in [0.15, 0.2) is 0 Å². The summed E-state index contributed by atoms with van der Waals surface area (Å²) in [7, 11) is 0. The molecule has 0 radical (unpaired) electrons. The number of aliphatic hydroxyl groups excluding tert-OH is 1. The molecule has 0 spiro atoms. The zero-order chi connectivity index (χ0) is 24.4. The van der Waals surface area contributed by atoms with Crippen LogP contribution in [0.5, 0.6) is 0 Å². The molecule has 4 rings (SSSR count). The summed E-state index contributed by atoms with van der Waals surface area (Å²) in [6.07, 6.45) is 6.19. The van der Waals surface area contributed by atoms with Crippen molar-refractivity contribution in [3.63, 3.8) is 0 Å². The molecule has 4 fully saturated rings. The number of carboxylic acids is 1. The Morgan fingerprint density at radius 2 is 1.82 bits per heavy atom. The molecule has 0 aromatic heterocycles. The summed E-state index contributed by atoms with van der Waals surface area (Å²) in [4.78, 5) is 39.2. The number of carbonyl (C=O) groups excluding carboxylic acids is 2. The molecule has 0 aromatic rings. The minimum absolute atomic E-state index is 0.0104. The number of carboxylic acid groups (broad SMARTS) is 1. The van der Waals surface area contributed by atoms with Gasteiger partial charge in [-0.2, -0.15) is 0 Å². The average Bonchev–Trinajstić information content (AvgIpc) is 3.08. The molecule has 0 aliphatic heterocycles. The van der Waals surface area contributed by atoms with Crippen molar-refractivity contribution in [1.82, 2.24) is 0 Å². The Labute approximate surface area is 195 Å². The highest BCUT2D eigenvalue weighted by Crippen LogP contribution is 2.75. The van der Waals surface area contributed by atoms with Crippen molar-refractivity contribution in [1.29, 1.82) is 10.8 Å². The topological polar surface area (TPSA) is 139 Å². The smallest absolute Gasteiger partial charge is 0.303 e. The van der Waals surface area contributed by atoms with Crippen molar-refractivity contribution in [3.05, 3.63) is 0 Å². The van der Waals surface area contributed by atoms with Crippen LogP contribution in [0.3, 0.4) is 0 Å². The van der Waals surface area contributed by atoms with E-state index in [1.807, 2.05) is 13.8 Å². The number of carbonyl (C=O) groups is 3. The van der Waals surface area contributed by atoms with E-state index in [2.05, 4.69) is 6.92 Å². The van der Waals surface area contributed by atoms with Gasteiger partial charge in [0.1, 0.15) is 11.6 Å². The number of nitrogens with one attached hydrogen (secondary N) is 2. The molecule has 1 unspecified atom stereocenters. The van der Waals surface area contributed by atoms with Gasteiger partial charge in [0.2, 0.25) is 0 Å². The summed E-state index contributed by atoms with van der Waals surface area (Å²) in [6.45, 7) is 6.01. The predicted molar refractivity (Wildman–Crippen MR) is 123 cm³/mol. The van der Waals surface area contributed by atoms with Crippen LogP contribution in [0.1, 0.15) is 78.6 Å². The second-order valence-corrected chi connectivity index (χ2v) is 11.9.